The monoisotopic (exact) mass is 311 g/mol. The number of nitrogens with one attached hydrogen (secondary N) is 2. The Morgan fingerprint density at radius 1 is 1.33 bits per heavy atom. The van der Waals surface area contributed by atoms with E-state index in [1.54, 1.807) is 18.3 Å². The highest BCUT2D eigenvalue weighted by Crippen LogP contribution is 2.17. The van der Waals surface area contributed by atoms with Crippen LogP contribution in [-0.2, 0) is 9.84 Å². The van der Waals surface area contributed by atoms with Crippen molar-refractivity contribution in [1.82, 2.24) is 10.3 Å². The van der Waals surface area contributed by atoms with Gasteiger partial charge in [-0.15, -0.1) is 0 Å². The summed E-state index contributed by atoms with van der Waals surface area (Å²) >= 11 is 0. The highest BCUT2D eigenvalue weighted by molar-refractivity contribution is 7.91. The topological polar surface area (TPSA) is 88.2 Å². The largest absolute Gasteiger partial charge is 0.380 e. The Morgan fingerprint density at radius 3 is 2.52 bits per heavy atom. The molecule has 2 N–H and O–H groups in total. The zero-order valence-corrected chi connectivity index (χ0v) is 13.3. The zero-order valence-electron chi connectivity index (χ0n) is 12.5. The number of carbonyl (C=O) groups is 1. The van der Waals surface area contributed by atoms with Crippen LogP contribution in [0.5, 0.6) is 0 Å². The highest BCUT2D eigenvalue weighted by Gasteiger charge is 2.27. The molecular formula is C14H21N3O3S. The summed E-state index contributed by atoms with van der Waals surface area (Å²) < 4.78 is 22.8. The van der Waals surface area contributed by atoms with Gasteiger partial charge in [0.1, 0.15) is 5.69 Å². The van der Waals surface area contributed by atoms with Gasteiger partial charge in [0.15, 0.2) is 9.84 Å². The molecule has 1 aromatic rings. The molecule has 7 heteroatoms. The second kappa shape index (κ2) is 5.63. The van der Waals surface area contributed by atoms with Crippen molar-refractivity contribution in [3.8, 4) is 0 Å². The fourth-order valence-corrected chi connectivity index (χ4v) is 3.84. The van der Waals surface area contributed by atoms with Crippen LogP contribution >= 0.6 is 0 Å². The smallest absolute Gasteiger partial charge is 0.270 e. The van der Waals surface area contributed by atoms with E-state index in [-0.39, 0.29) is 29.0 Å². The molecule has 1 aliphatic heterocycles. The fourth-order valence-electron chi connectivity index (χ4n) is 2.16. The van der Waals surface area contributed by atoms with Crippen LogP contribution in [0.2, 0.25) is 0 Å². The molecule has 6 nitrogen and oxygen atoms in total. The van der Waals surface area contributed by atoms with Crippen molar-refractivity contribution in [1.29, 1.82) is 0 Å². The maximum Gasteiger partial charge on any atom is 0.270 e. The van der Waals surface area contributed by atoms with Gasteiger partial charge in [-0.3, -0.25) is 4.79 Å². The number of hydrogen-bond acceptors (Lipinski definition) is 5. The minimum Gasteiger partial charge on any atom is -0.380 e. The number of hydrogen-bond donors (Lipinski definition) is 2. The number of rotatable bonds is 3. The maximum absolute atomic E-state index is 11.9. The molecule has 2 heterocycles. The summed E-state index contributed by atoms with van der Waals surface area (Å²) in [6, 6.07) is 3.30. The van der Waals surface area contributed by atoms with Crippen LogP contribution in [0.25, 0.3) is 0 Å². The fraction of sp³-hybridized carbons (Fsp3) is 0.571. The third-order valence-electron chi connectivity index (χ3n) is 3.09. The molecule has 0 spiro atoms. The van der Waals surface area contributed by atoms with Crippen LogP contribution < -0.4 is 10.6 Å². The van der Waals surface area contributed by atoms with Crippen LogP contribution in [0.4, 0.5) is 5.69 Å². The number of nitrogens with zero attached hydrogens (tertiary/aromatic N) is 1. The first-order valence-electron chi connectivity index (χ1n) is 6.90. The van der Waals surface area contributed by atoms with Crippen molar-refractivity contribution < 1.29 is 13.2 Å². The van der Waals surface area contributed by atoms with Crippen LogP contribution in [0.15, 0.2) is 18.3 Å². The van der Waals surface area contributed by atoms with Gasteiger partial charge in [0, 0.05) is 11.6 Å². The van der Waals surface area contributed by atoms with Gasteiger partial charge in [-0.2, -0.15) is 0 Å². The van der Waals surface area contributed by atoms with E-state index in [9.17, 15) is 13.2 Å². The van der Waals surface area contributed by atoms with Crippen molar-refractivity contribution in [2.24, 2.45) is 0 Å². The van der Waals surface area contributed by atoms with Gasteiger partial charge in [0.25, 0.3) is 5.91 Å². The second-order valence-corrected chi connectivity index (χ2v) is 8.61. The predicted octanol–water partition coefficient (Wildman–Crippen LogP) is 1.21. The average Bonchev–Trinajstić information content (AvgIpc) is 2.67. The SMILES string of the molecule is CC(C)(C)NC(=O)c1ccc(NC2CCS(=O)(=O)C2)cn1. The maximum atomic E-state index is 11.9. The summed E-state index contributed by atoms with van der Waals surface area (Å²) in [7, 11) is -2.90. The molecule has 1 saturated heterocycles. The Balaban J connectivity index is 1.98. The zero-order chi connectivity index (χ0) is 15.7. The van der Waals surface area contributed by atoms with Gasteiger partial charge in [-0.25, -0.2) is 13.4 Å². The van der Waals surface area contributed by atoms with Crippen molar-refractivity contribution in [3.05, 3.63) is 24.0 Å². The van der Waals surface area contributed by atoms with Crippen LogP contribution in [-0.4, -0.2) is 42.4 Å². The molecule has 1 unspecified atom stereocenters. The Morgan fingerprint density at radius 2 is 2.05 bits per heavy atom. The predicted molar refractivity (Wildman–Crippen MR) is 82.1 cm³/mol. The van der Waals surface area contributed by atoms with Crippen LogP contribution in [0.3, 0.4) is 0 Å². The number of anilines is 1. The molecule has 1 amide bonds. The molecule has 1 aromatic heterocycles. The molecule has 21 heavy (non-hydrogen) atoms. The quantitative estimate of drug-likeness (QED) is 0.876. The summed E-state index contributed by atoms with van der Waals surface area (Å²) in [6.45, 7) is 5.71. The van der Waals surface area contributed by atoms with Crippen LogP contribution in [0.1, 0.15) is 37.7 Å². The number of sulfone groups is 1. The Hall–Kier alpha value is -1.63. The molecule has 0 aliphatic carbocycles. The lowest BCUT2D eigenvalue weighted by Crippen LogP contribution is -2.40. The number of amides is 1. The number of pyridine rings is 1. The molecule has 2 rings (SSSR count). The van der Waals surface area contributed by atoms with Crippen molar-refractivity contribution in [2.45, 2.75) is 38.8 Å². The van der Waals surface area contributed by atoms with E-state index < -0.39 is 9.84 Å². The minimum absolute atomic E-state index is 0.0777. The first-order valence-corrected chi connectivity index (χ1v) is 8.72. The molecule has 116 valence electrons. The Kier molecular flexibility index (Phi) is 4.22. The van der Waals surface area contributed by atoms with Gasteiger partial charge >= 0.3 is 0 Å². The first-order chi connectivity index (χ1) is 9.65. The van der Waals surface area contributed by atoms with Crippen molar-refractivity contribution in [3.63, 3.8) is 0 Å². The summed E-state index contributed by atoms with van der Waals surface area (Å²) in [6.07, 6.45) is 2.16. The molecule has 0 bridgehead atoms. The summed E-state index contributed by atoms with van der Waals surface area (Å²) in [5, 5.41) is 5.98. The Labute approximate surface area is 125 Å². The van der Waals surface area contributed by atoms with E-state index in [1.165, 1.54) is 0 Å². The molecule has 0 radical (unpaired) electrons. The van der Waals surface area contributed by atoms with E-state index in [0.717, 1.165) is 5.69 Å². The van der Waals surface area contributed by atoms with E-state index in [2.05, 4.69) is 15.6 Å². The second-order valence-electron chi connectivity index (χ2n) is 6.38. The van der Waals surface area contributed by atoms with E-state index >= 15 is 0 Å². The minimum atomic E-state index is -2.90. The van der Waals surface area contributed by atoms with Gasteiger partial charge in [-0.05, 0) is 39.3 Å². The van der Waals surface area contributed by atoms with Gasteiger partial charge < -0.3 is 10.6 Å². The molecule has 0 aromatic carbocycles. The van der Waals surface area contributed by atoms with Crippen molar-refractivity contribution >= 4 is 21.4 Å². The van der Waals surface area contributed by atoms with Gasteiger partial charge in [0.05, 0.1) is 23.4 Å². The van der Waals surface area contributed by atoms with E-state index in [4.69, 9.17) is 0 Å². The third-order valence-corrected chi connectivity index (χ3v) is 4.86. The molecular weight excluding hydrogens is 290 g/mol. The third kappa shape index (κ3) is 4.70. The van der Waals surface area contributed by atoms with Gasteiger partial charge in [-0.1, -0.05) is 0 Å². The van der Waals surface area contributed by atoms with E-state index in [0.29, 0.717) is 12.1 Å². The summed E-state index contributed by atoms with van der Waals surface area (Å²) in [5.74, 6) is 0.154. The number of carbonyl (C=O) groups excluding carboxylic acids is 1. The average molecular weight is 311 g/mol. The summed E-state index contributed by atoms with van der Waals surface area (Å²) in [5.41, 5.74) is 0.757. The molecule has 0 saturated carbocycles. The first kappa shape index (κ1) is 15.8. The molecule has 1 fully saturated rings. The van der Waals surface area contributed by atoms with Crippen LogP contribution in [0, 0.1) is 0 Å². The summed E-state index contributed by atoms with van der Waals surface area (Å²) in [4.78, 5) is 16.0. The highest BCUT2D eigenvalue weighted by atomic mass is 32.2. The Bertz CT molecular complexity index is 618. The standard InChI is InChI=1S/C14H21N3O3S/c1-14(2,3)17-13(18)12-5-4-10(8-15-12)16-11-6-7-21(19,20)9-11/h4-5,8,11,16H,6-7,9H2,1-3H3,(H,17,18). The lowest BCUT2D eigenvalue weighted by Gasteiger charge is -2.20. The lowest BCUT2D eigenvalue weighted by molar-refractivity contribution is 0.0914. The van der Waals surface area contributed by atoms with E-state index in [1.807, 2.05) is 20.8 Å². The molecule has 1 aliphatic rings. The van der Waals surface area contributed by atoms with Gasteiger partial charge in [0.2, 0.25) is 0 Å². The number of aromatic nitrogens is 1. The van der Waals surface area contributed by atoms with Crippen molar-refractivity contribution in [2.75, 3.05) is 16.8 Å². The lowest BCUT2D eigenvalue weighted by atomic mass is 10.1. The molecule has 1 atom stereocenters. The normalized spacial score (nSPS) is 21.0.